The fourth-order valence-corrected chi connectivity index (χ4v) is 2.05. The summed E-state index contributed by atoms with van der Waals surface area (Å²) in [6, 6.07) is 14.6. The van der Waals surface area contributed by atoms with Gasteiger partial charge in [0.2, 0.25) is 0 Å². The molecular formula is C14H13N. The minimum Gasteiger partial charge on any atom is -0.304 e. The molecular weight excluding hydrogens is 182 g/mol. The number of hydrogen-bond donors (Lipinski definition) is 1. The number of hydrogen-bond acceptors (Lipinski definition) is 1. The Labute approximate surface area is 89.3 Å². The molecule has 1 fully saturated rings. The Morgan fingerprint density at radius 2 is 1.73 bits per heavy atom. The fourth-order valence-electron chi connectivity index (χ4n) is 2.05. The number of benzene rings is 2. The van der Waals surface area contributed by atoms with E-state index in [0.29, 0.717) is 5.92 Å². The normalized spacial score (nSPS) is 15.5. The van der Waals surface area contributed by atoms with Crippen molar-refractivity contribution in [3.63, 3.8) is 0 Å². The van der Waals surface area contributed by atoms with E-state index in [-0.39, 0.29) is 0 Å². The van der Waals surface area contributed by atoms with Gasteiger partial charge in [0.1, 0.15) is 0 Å². The van der Waals surface area contributed by atoms with Gasteiger partial charge in [0.05, 0.1) is 0 Å². The molecule has 0 amide bonds. The summed E-state index contributed by atoms with van der Waals surface area (Å²) in [5, 5.41) is 10.6. The van der Waals surface area contributed by atoms with E-state index in [1.807, 2.05) is 12.1 Å². The second kappa shape index (κ2) is 3.20. The van der Waals surface area contributed by atoms with Crippen LogP contribution in [0.15, 0.2) is 42.5 Å². The van der Waals surface area contributed by atoms with Crippen LogP contribution >= 0.6 is 0 Å². The first-order chi connectivity index (χ1) is 7.36. The maximum Gasteiger partial charge on any atom is 0.0423 e. The van der Waals surface area contributed by atoms with Gasteiger partial charge in [-0.1, -0.05) is 42.5 Å². The SMILES string of the molecule is N=C(c1cccc2ccccc12)C1CC1. The summed E-state index contributed by atoms with van der Waals surface area (Å²) in [5.41, 5.74) is 1.95. The van der Waals surface area contributed by atoms with E-state index in [9.17, 15) is 0 Å². The first-order valence-corrected chi connectivity index (χ1v) is 5.43. The third-order valence-electron chi connectivity index (χ3n) is 3.07. The molecule has 0 heterocycles. The van der Waals surface area contributed by atoms with Crippen LogP contribution in [-0.2, 0) is 0 Å². The summed E-state index contributed by atoms with van der Waals surface area (Å²) < 4.78 is 0. The molecule has 15 heavy (non-hydrogen) atoms. The molecule has 0 aromatic heterocycles. The molecule has 0 atom stereocenters. The minimum absolute atomic E-state index is 0.524. The monoisotopic (exact) mass is 195 g/mol. The van der Waals surface area contributed by atoms with Crippen LogP contribution in [0.2, 0.25) is 0 Å². The minimum atomic E-state index is 0.524. The van der Waals surface area contributed by atoms with Gasteiger partial charge in [-0.3, -0.25) is 0 Å². The molecule has 1 aliphatic rings. The Morgan fingerprint density at radius 3 is 2.53 bits per heavy atom. The Kier molecular flexibility index (Phi) is 1.84. The van der Waals surface area contributed by atoms with E-state index in [1.165, 1.54) is 23.6 Å². The first-order valence-electron chi connectivity index (χ1n) is 5.43. The van der Waals surface area contributed by atoms with Crippen LogP contribution in [0.5, 0.6) is 0 Å². The predicted molar refractivity (Wildman–Crippen MR) is 63.5 cm³/mol. The molecule has 3 rings (SSSR count). The highest BCUT2D eigenvalue weighted by molar-refractivity contribution is 6.11. The van der Waals surface area contributed by atoms with E-state index in [2.05, 4.69) is 30.3 Å². The molecule has 2 aromatic carbocycles. The van der Waals surface area contributed by atoms with Crippen molar-refractivity contribution in [3.8, 4) is 0 Å². The molecule has 0 saturated heterocycles. The van der Waals surface area contributed by atoms with Gasteiger partial charge in [-0.15, -0.1) is 0 Å². The maximum atomic E-state index is 8.13. The van der Waals surface area contributed by atoms with Gasteiger partial charge in [-0.2, -0.15) is 0 Å². The first kappa shape index (κ1) is 8.66. The lowest BCUT2D eigenvalue weighted by atomic mass is 9.99. The molecule has 0 radical (unpaired) electrons. The molecule has 0 unspecified atom stereocenters. The number of fused-ring (bicyclic) bond motifs is 1. The second-order valence-corrected chi connectivity index (χ2v) is 4.21. The Balaban J connectivity index is 2.20. The molecule has 74 valence electrons. The molecule has 1 saturated carbocycles. The Bertz CT molecular complexity index is 518. The van der Waals surface area contributed by atoms with E-state index in [1.54, 1.807) is 0 Å². The highest BCUT2D eigenvalue weighted by Gasteiger charge is 2.27. The van der Waals surface area contributed by atoms with E-state index < -0.39 is 0 Å². The van der Waals surface area contributed by atoms with Gasteiger partial charge in [0.15, 0.2) is 0 Å². The standard InChI is InChI=1S/C14H13N/c15-14(11-8-9-11)13-7-3-5-10-4-1-2-6-12(10)13/h1-7,11,15H,8-9H2. The molecule has 2 aromatic rings. The van der Waals surface area contributed by atoms with Crippen LogP contribution < -0.4 is 0 Å². The van der Waals surface area contributed by atoms with Gasteiger partial charge in [-0.05, 0) is 23.6 Å². The lowest BCUT2D eigenvalue weighted by Gasteiger charge is -2.06. The van der Waals surface area contributed by atoms with Crippen LogP contribution in [0.3, 0.4) is 0 Å². The quantitative estimate of drug-likeness (QED) is 0.708. The molecule has 0 spiro atoms. The van der Waals surface area contributed by atoms with Crippen LogP contribution in [-0.4, -0.2) is 5.71 Å². The molecule has 0 aliphatic heterocycles. The Morgan fingerprint density at radius 1 is 1.00 bits per heavy atom. The van der Waals surface area contributed by atoms with Crippen molar-refractivity contribution < 1.29 is 0 Å². The van der Waals surface area contributed by atoms with Crippen molar-refractivity contribution in [2.45, 2.75) is 12.8 Å². The van der Waals surface area contributed by atoms with Gasteiger partial charge < -0.3 is 5.41 Å². The summed E-state index contributed by atoms with van der Waals surface area (Å²) in [6.45, 7) is 0. The molecule has 1 heteroatoms. The zero-order chi connectivity index (χ0) is 10.3. The molecule has 1 aliphatic carbocycles. The number of nitrogens with one attached hydrogen (secondary N) is 1. The molecule has 1 nitrogen and oxygen atoms in total. The summed E-state index contributed by atoms with van der Waals surface area (Å²) in [7, 11) is 0. The smallest absolute Gasteiger partial charge is 0.0423 e. The van der Waals surface area contributed by atoms with Gasteiger partial charge in [0.25, 0.3) is 0 Å². The number of rotatable bonds is 2. The van der Waals surface area contributed by atoms with E-state index in [0.717, 1.165) is 11.3 Å². The third-order valence-corrected chi connectivity index (χ3v) is 3.07. The van der Waals surface area contributed by atoms with Crippen molar-refractivity contribution in [1.82, 2.24) is 0 Å². The van der Waals surface area contributed by atoms with Crippen LogP contribution in [0, 0.1) is 11.3 Å². The van der Waals surface area contributed by atoms with Crippen molar-refractivity contribution in [2.75, 3.05) is 0 Å². The second-order valence-electron chi connectivity index (χ2n) is 4.21. The predicted octanol–water partition coefficient (Wildman–Crippen LogP) is 3.62. The third kappa shape index (κ3) is 1.44. The zero-order valence-electron chi connectivity index (χ0n) is 8.53. The van der Waals surface area contributed by atoms with Crippen LogP contribution in [0.4, 0.5) is 0 Å². The average Bonchev–Trinajstić information content (AvgIpc) is 3.11. The highest BCUT2D eigenvalue weighted by Crippen LogP contribution is 2.34. The van der Waals surface area contributed by atoms with E-state index in [4.69, 9.17) is 5.41 Å². The van der Waals surface area contributed by atoms with E-state index >= 15 is 0 Å². The van der Waals surface area contributed by atoms with Crippen molar-refractivity contribution >= 4 is 16.5 Å². The van der Waals surface area contributed by atoms with Crippen molar-refractivity contribution in [3.05, 3.63) is 48.0 Å². The van der Waals surface area contributed by atoms with Gasteiger partial charge >= 0.3 is 0 Å². The maximum absolute atomic E-state index is 8.13. The summed E-state index contributed by atoms with van der Waals surface area (Å²) in [5.74, 6) is 0.524. The summed E-state index contributed by atoms with van der Waals surface area (Å²) in [4.78, 5) is 0. The van der Waals surface area contributed by atoms with Crippen molar-refractivity contribution in [1.29, 1.82) is 5.41 Å². The molecule has 1 N–H and O–H groups in total. The lowest BCUT2D eigenvalue weighted by molar-refractivity contribution is 1.16. The Hall–Kier alpha value is -1.63. The zero-order valence-corrected chi connectivity index (χ0v) is 8.53. The topological polar surface area (TPSA) is 23.9 Å². The lowest BCUT2D eigenvalue weighted by Crippen LogP contribution is -2.01. The van der Waals surface area contributed by atoms with Gasteiger partial charge in [0, 0.05) is 17.2 Å². The summed E-state index contributed by atoms with van der Waals surface area (Å²) in [6.07, 6.45) is 2.39. The largest absolute Gasteiger partial charge is 0.304 e. The van der Waals surface area contributed by atoms with Gasteiger partial charge in [-0.25, -0.2) is 0 Å². The average molecular weight is 195 g/mol. The fraction of sp³-hybridized carbons (Fsp3) is 0.214. The summed E-state index contributed by atoms with van der Waals surface area (Å²) >= 11 is 0. The van der Waals surface area contributed by atoms with Crippen molar-refractivity contribution in [2.24, 2.45) is 5.92 Å². The highest BCUT2D eigenvalue weighted by atomic mass is 14.5. The molecule has 0 bridgehead atoms. The van der Waals surface area contributed by atoms with Crippen LogP contribution in [0.25, 0.3) is 10.8 Å². The van der Waals surface area contributed by atoms with Crippen LogP contribution in [0.1, 0.15) is 18.4 Å².